The first-order valence-corrected chi connectivity index (χ1v) is 7.02. The van der Waals surface area contributed by atoms with Gasteiger partial charge in [0.1, 0.15) is 0 Å². The second-order valence-corrected chi connectivity index (χ2v) is 5.56. The molecule has 1 rings (SSSR count). The molecule has 3 N–H and O–H groups in total. The molecule has 0 bridgehead atoms. The zero-order valence-electron chi connectivity index (χ0n) is 9.28. The summed E-state index contributed by atoms with van der Waals surface area (Å²) < 4.78 is 27.8. The number of hydrogen-bond acceptors (Lipinski definition) is 3. The maximum absolute atomic E-state index is 11.9. The van der Waals surface area contributed by atoms with Crippen LogP contribution in [0.15, 0.2) is 0 Å². The highest BCUT2D eigenvalue weighted by atomic mass is 32.2. The zero-order valence-corrected chi connectivity index (χ0v) is 10.1. The highest BCUT2D eigenvalue weighted by molar-refractivity contribution is 7.87. The molecule has 1 fully saturated rings. The normalized spacial score (nSPS) is 25.1. The van der Waals surface area contributed by atoms with Gasteiger partial charge in [-0.15, -0.1) is 0 Å². The maximum Gasteiger partial charge on any atom is 0.279 e. The lowest BCUT2D eigenvalue weighted by Gasteiger charge is -2.27. The molecular formula is C9H21N3O2S. The Morgan fingerprint density at radius 3 is 2.73 bits per heavy atom. The van der Waals surface area contributed by atoms with Crippen molar-refractivity contribution in [2.75, 3.05) is 19.6 Å². The predicted molar refractivity (Wildman–Crippen MR) is 60.6 cm³/mol. The van der Waals surface area contributed by atoms with E-state index in [1.807, 2.05) is 0 Å². The molecule has 0 amide bonds. The second kappa shape index (κ2) is 5.79. The zero-order chi connectivity index (χ0) is 11.3. The van der Waals surface area contributed by atoms with Crippen molar-refractivity contribution in [3.63, 3.8) is 0 Å². The first-order chi connectivity index (χ1) is 7.11. The Bertz CT molecular complexity index is 279. The molecule has 1 unspecified atom stereocenters. The van der Waals surface area contributed by atoms with Crippen LogP contribution in [0.25, 0.3) is 0 Å². The van der Waals surface area contributed by atoms with Crippen LogP contribution in [-0.4, -0.2) is 38.4 Å². The summed E-state index contributed by atoms with van der Waals surface area (Å²) in [6.07, 6.45) is 3.97. The van der Waals surface area contributed by atoms with Gasteiger partial charge in [-0.3, -0.25) is 0 Å². The van der Waals surface area contributed by atoms with Crippen LogP contribution in [0, 0.1) is 0 Å². The van der Waals surface area contributed by atoms with E-state index in [9.17, 15) is 8.42 Å². The molecule has 1 heterocycles. The SMILES string of the molecule is CCNS(=O)(=O)N1CCCCCC1CN. The monoisotopic (exact) mass is 235 g/mol. The lowest BCUT2D eigenvalue weighted by atomic mass is 10.1. The predicted octanol–water partition coefficient (Wildman–Crippen LogP) is 0.0440. The summed E-state index contributed by atoms with van der Waals surface area (Å²) in [6.45, 7) is 3.21. The molecule has 0 aromatic carbocycles. The molecule has 0 spiro atoms. The first-order valence-electron chi connectivity index (χ1n) is 5.58. The van der Waals surface area contributed by atoms with Gasteiger partial charge in [-0.2, -0.15) is 12.7 Å². The van der Waals surface area contributed by atoms with E-state index in [-0.39, 0.29) is 6.04 Å². The Morgan fingerprint density at radius 2 is 2.13 bits per heavy atom. The number of hydrogen-bond donors (Lipinski definition) is 2. The van der Waals surface area contributed by atoms with Crippen LogP contribution in [-0.2, 0) is 10.2 Å². The Hall–Kier alpha value is -0.170. The smallest absolute Gasteiger partial charge is 0.279 e. The molecular weight excluding hydrogens is 214 g/mol. The number of nitrogens with zero attached hydrogens (tertiary/aromatic N) is 1. The molecule has 1 saturated heterocycles. The molecule has 0 aliphatic carbocycles. The minimum atomic E-state index is -3.31. The first kappa shape index (κ1) is 12.9. The van der Waals surface area contributed by atoms with Crippen LogP contribution in [0.5, 0.6) is 0 Å². The highest BCUT2D eigenvalue weighted by Crippen LogP contribution is 2.18. The van der Waals surface area contributed by atoms with Crippen molar-refractivity contribution >= 4 is 10.2 Å². The molecule has 0 saturated carbocycles. The molecule has 0 aromatic rings. The van der Waals surface area contributed by atoms with Crippen LogP contribution in [0.1, 0.15) is 32.6 Å². The van der Waals surface area contributed by atoms with Gasteiger partial charge in [-0.25, -0.2) is 4.72 Å². The van der Waals surface area contributed by atoms with E-state index in [2.05, 4.69) is 4.72 Å². The highest BCUT2D eigenvalue weighted by Gasteiger charge is 2.29. The Balaban J connectivity index is 2.78. The van der Waals surface area contributed by atoms with Crippen molar-refractivity contribution in [3.8, 4) is 0 Å². The number of nitrogens with two attached hydrogens (primary N) is 1. The van der Waals surface area contributed by atoms with Gasteiger partial charge in [0.2, 0.25) is 0 Å². The summed E-state index contributed by atoms with van der Waals surface area (Å²) in [6, 6.07) is -0.0310. The number of nitrogens with one attached hydrogen (secondary N) is 1. The third-order valence-corrected chi connectivity index (χ3v) is 4.48. The Morgan fingerprint density at radius 1 is 1.40 bits per heavy atom. The van der Waals surface area contributed by atoms with Crippen molar-refractivity contribution in [3.05, 3.63) is 0 Å². The average Bonchev–Trinajstić information content (AvgIpc) is 2.42. The summed E-state index contributed by atoms with van der Waals surface area (Å²) in [5.74, 6) is 0. The molecule has 90 valence electrons. The lowest BCUT2D eigenvalue weighted by molar-refractivity contribution is 0.323. The van der Waals surface area contributed by atoms with Crippen molar-refractivity contribution in [2.24, 2.45) is 5.73 Å². The van der Waals surface area contributed by atoms with Crippen molar-refractivity contribution < 1.29 is 8.42 Å². The van der Waals surface area contributed by atoms with E-state index >= 15 is 0 Å². The molecule has 0 aromatic heterocycles. The fourth-order valence-corrected chi connectivity index (χ4v) is 3.45. The van der Waals surface area contributed by atoms with Gasteiger partial charge in [0.15, 0.2) is 0 Å². The van der Waals surface area contributed by atoms with Gasteiger partial charge in [-0.1, -0.05) is 19.8 Å². The lowest BCUT2D eigenvalue weighted by Crippen LogP contribution is -2.49. The van der Waals surface area contributed by atoms with Gasteiger partial charge in [0, 0.05) is 25.7 Å². The third kappa shape index (κ3) is 3.41. The van der Waals surface area contributed by atoms with E-state index in [4.69, 9.17) is 5.73 Å². The Labute approximate surface area is 92.2 Å². The van der Waals surface area contributed by atoms with Crippen LogP contribution < -0.4 is 10.5 Å². The number of rotatable bonds is 4. The molecule has 1 aliphatic rings. The molecule has 1 aliphatic heterocycles. The van der Waals surface area contributed by atoms with Crippen LogP contribution in [0.3, 0.4) is 0 Å². The van der Waals surface area contributed by atoms with Gasteiger partial charge in [0.25, 0.3) is 10.2 Å². The van der Waals surface area contributed by atoms with E-state index in [0.29, 0.717) is 19.6 Å². The van der Waals surface area contributed by atoms with E-state index < -0.39 is 10.2 Å². The minimum absolute atomic E-state index is 0.0310. The summed E-state index contributed by atoms with van der Waals surface area (Å²) in [4.78, 5) is 0. The molecule has 6 heteroatoms. The topological polar surface area (TPSA) is 75.4 Å². The van der Waals surface area contributed by atoms with Crippen molar-refractivity contribution in [1.82, 2.24) is 9.03 Å². The standard InChI is InChI=1S/C9H21N3O2S/c1-2-11-15(13,14)12-7-5-3-4-6-9(12)8-10/h9,11H,2-8,10H2,1H3. The molecule has 0 radical (unpaired) electrons. The third-order valence-electron chi connectivity index (χ3n) is 2.73. The molecule has 15 heavy (non-hydrogen) atoms. The summed E-state index contributed by atoms with van der Waals surface area (Å²) in [7, 11) is -3.31. The van der Waals surface area contributed by atoms with Crippen LogP contribution in [0.4, 0.5) is 0 Å². The molecule has 5 nitrogen and oxygen atoms in total. The van der Waals surface area contributed by atoms with Gasteiger partial charge < -0.3 is 5.73 Å². The minimum Gasteiger partial charge on any atom is -0.329 e. The van der Waals surface area contributed by atoms with Crippen LogP contribution >= 0.6 is 0 Å². The van der Waals surface area contributed by atoms with E-state index in [0.717, 1.165) is 25.7 Å². The Kier molecular flexibility index (Phi) is 4.98. The van der Waals surface area contributed by atoms with Crippen LogP contribution in [0.2, 0.25) is 0 Å². The van der Waals surface area contributed by atoms with E-state index in [1.165, 1.54) is 4.31 Å². The quantitative estimate of drug-likeness (QED) is 0.722. The van der Waals surface area contributed by atoms with Crippen molar-refractivity contribution in [1.29, 1.82) is 0 Å². The largest absolute Gasteiger partial charge is 0.329 e. The fourth-order valence-electron chi connectivity index (χ4n) is 1.97. The second-order valence-electron chi connectivity index (χ2n) is 3.85. The maximum atomic E-state index is 11.9. The fraction of sp³-hybridized carbons (Fsp3) is 1.00. The van der Waals surface area contributed by atoms with E-state index in [1.54, 1.807) is 6.92 Å². The summed E-state index contributed by atoms with van der Waals surface area (Å²) >= 11 is 0. The molecule has 1 atom stereocenters. The van der Waals surface area contributed by atoms with Gasteiger partial charge in [0.05, 0.1) is 0 Å². The van der Waals surface area contributed by atoms with Gasteiger partial charge in [-0.05, 0) is 12.8 Å². The average molecular weight is 235 g/mol. The summed E-state index contributed by atoms with van der Waals surface area (Å²) in [5, 5.41) is 0. The summed E-state index contributed by atoms with van der Waals surface area (Å²) in [5.41, 5.74) is 5.62. The van der Waals surface area contributed by atoms with Gasteiger partial charge >= 0.3 is 0 Å². The van der Waals surface area contributed by atoms with Crippen molar-refractivity contribution in [2.45, 2.75) is 38.6 Å².